The Kier molecular flexibility index (Phi) is 6.02. The second-order valence-electron chi connectivity index (χ2n) is 5.20. The van der Waals surface area contributed by atoms with Gasteiger partial charge < -0.3 is 0 Å². The summed E-state index contributed by atoms with van der Waals surface area (Å²) < 4.78 is 27.7. The number of aromatic nitrogens is 3. The van der Waals surface area contributed by atoms with Gasteiger partial charge in [-0.25, -0.2) is 0 Å². The summed E-state index contributed by atoms with van der Waals surface area (Å²) >= 11 is -0.715. The van der Waals surface area contributed by atoms with Crippen LogP contribution in [0.25, 0.3) is 11.4 Å². The van der Waals surface area contributed by atoms with Crippen molar-refractivity contribution in [1.29, 1.82) is 0 Å². The van der Waals surface area contributed by atoms with Crippen molar-refractivity contribution in [3.8, 4) is 11.4 Å². The molecule has 0 aliphatic heterocycles. The molecule has 0 fully saturated rings. The number of alkyl halides is 1. The van der Waals surface area contributed by atoms with Gasteiger partial charge in [0.05, 0.1) is 0 Å². The number of halogens is 2. The zero-order valence-electron chi connectivity index (χ0n) is 13.6. The van der Waals surface area contributed by atoms with Crippen molar-refractivity contribution in [3.63, 3.8) is 0 Å². The Labute approximate surface area is 155 Å². The van der Waals surface area contributed by atoms with Crippen LogP contribution in [-0.2, 0) is 0 Å². The first-order valence-corrected chi connectivity index (χ1v) is 9.64. The van der Waals surface area contributed by atoms with Crippen molar-refractivity contribution in [2.24, 2.45) is 0 Å². The molecule has 0 aliphatic rings. The maximum absolute atomic E-state index is 14.4. The topological polar surface area (TPSA) is 67.8 Å². The molecule has 1 N–H and O–H groups in total. The first kappa shape index (κ1) is 18.1. The van der Waals surface area contributed by atoms with E-state index in [4.69, 9.17) is 0 Å². The van der Waals surface area contributed by atoms with E-state index >= 15 is 0 Å². The van der Waals surface area contributed by atoms with Gasteiger partial charge in [-0.1, -0.05) is 0 Å². The summed E-state index contributed by atoms with van der Waals surface area (Å²) in [5.41, 5.74) is 0.954. The maximum atomic E-state index is 14.4. The Hall–Kier alpha value is -2.66. The first-order chi connectivity index (χ1) is 12.7. The molecular weight excluding hydrogens is 401 g/mol. The zero-order chi connectivity index (χ0) is 18.4. The molecule has 1 amide bonds. The predicted molar refractivity (Wildman–Crippen MR) is 95.0 cm³/mol. The van der Waals surface area contributed by atoms with Crippen molar-refractivity contribution in [2.45, 2.75) is 0 Å². The van der Waals surface area contributed by atoms with Crippen LogP contribution in [0.2, 0.25) is 0 Å². The van der Waals surface area contributed by atoms with Crippen molar-refractivity contribution in [2.75, 3.05) is 13.2 Å². The van der Waals surface area contributed by atoms with E-state index in [1.807, 2.05) is 6.07 Å². The van der Waals surface area contributed by atoms with E-state index in [9.17, 15) is 13.6 Å². The zero-order valence-corrected chi connectivity index (χ0v) is 15.4. The third-order valence-corrected chi connectivity index (χ3v) is 5.66. The van der Waals surface area contributed by atoms with E-state index in [1.54, 1.807) is 36.8 Å². The molecule has 131 valence electrons. The number of hydrogen-bond acceptors (Lipinski definition) is 4. The van der Waals surface area contributed by atoms with E-state index in [0.29, 0.717) is 10.2 Å². The molecular formula is C18H14AsF2N4O. The molecule has 0 atom stereocenters. The summed E-state index contributed by atoms with van der Waals surface area (Å²) in [7, 11) is 0. The molecule has 0 unspecified atom stereocenters. The molecule has 0 saturated heterocycles. The average Bonchev–Trinajstić information content (AvgIpc) is 2.68. The molecule has 3 rings (SSSR count). The summed E-state index contributed by atoms with van der Waals surface area (Å²) in [6, 6.07) is 9.68. The van der Waals surface area contributed by atoms with E-state index in [1.165, 1.54) is 12.1 Å². The van der Waals surface area contributed by atoms with E-state index in [-0.39, 0.29) is 12.1 Å². The molecule has 0 bridgehead atoms. The van der Waals surface area contributed by atoms with Crippen LogP contribution < -0.4 is 14.1 Å². The van der Waals surface area contributed by atoms with Crippen LogP contribution in [0, 0.1) is 5.82 Å². The normalized spacial score (nSPS) is 11.0. The van der Waals surface area contributed by atoms with Gasteiger partial charge in [0.1, 0.15) is 0 Å². The summed E-state index contributed by atoms with van der Waals surface area (Å²) in [6.45, 7) is -0.754. The fraction of sp³-hybridized carbons (Fsp3) is 0.111. The van der Waals surface area contributed by atoms with Crippen LogP contribution in [0.5, 0.6) is 0 Å². The van der Waals surface area contributed by atoms with Crippen LogP contribution in [0.3, 0.4) is 0 Å². The molecule has 8 heteroatoms. The molecule has 3 aromatic rings. The molecule has 5 nitrogen and oxygen atoms in total. The Morgan fingerprint density at radius 1 is 1.19 bits per heavy atom. The number of rotatable bonds is 6. The van der Waals surface area contributed by atoms with E-state index in [2.05, 4.69) is 20.3 Å². The minimum absolute atomic E-state index is 0.0911. The van der Waals surface area contributed by atoms with E-state index in [0.717, 1.165) is 10.0 Å². The molecule has 1 radical (unpaired) electrons. The summed E-state index contributed by atoms with van der Waals surface area (Å²) in [4.78, 5) is 24.5. The van der Waals surface area contributed by atoms with Crippen molar-refractivity contribution in [3.05, 3.63) is 66.4 Å². The first-order valence-electron chi connectivity index (χ1n) is 7.76. The number of carbonyl (C=O) groups is 1. The van der Waals surface area contributed by atoms with E-state index < -0.39 is 34.2 Å². The third-order valence-electron chi connectivity index (χ3n) is 3.39. The standard InChI is InChI=1S/C18H14AsF2N4O/c20-6-9-24-18(26)12-3-4-14(15(21)10-12)19-16-5-8-23-17(25-16)13-2-1-7-22-11-13/h1-5,7-8,10-11H,6,9H2,(H,24,26). The summed E-state index contributed by atoms with van der Waals surface area (Å²) in [5.74, 6) is -0.432. The molecule has 0 spiro atoms. The van der Waals surface area contributed by atoms with Gasteiger partial charge in [0, 0.05) is 0 Å². The number of pyridine rings is 1. The Bertz CT molecular complexity index is 909. The van der Waals surface area contributed by atoms with Crippen molar-refractivity contribution in [1.82, 2.24) is 20.3 Å². The average molecular weight is 415 g/mol. The minimum atomic E-state index is -0.715. The Morgan fingerprint density at radius 2 is 2.08 bits per heavy atom. The Balaban J connectivity index is 1.78. The molecule has 0 saturated carbocycles. The third kappa shape index (κ3) is 4.49. The molecule has 26 heavy (non-hydrogen) atoms. The van der Waals surface area contributed by atoms with Crippen molar-refractivity contribution < 1.29 is 13.6 Å². The number of benzene rings is 1. The summed E-state index contributed by atoms with van der Waals surface area (Å²) in [6.07, 6.45) is 4.97. The van der Waals surface area contributed by atoms with Gasteiger partial charge in [0.25, 0.3) is 0 Å². The van der Waals surface area contributed by atoms with Crippen LogP contribution in [-0.4, -0.2) is 49.8 Å². The van der Waals surface area contributed by atoms with Crippen LogP contribution >= 0.6 is 0 Å². The SMILES string of the molecule is O=C(NCCF)c1ccc([As]c2ccnc(-c3cccnc3)n2)c(F)c1. The van der Waals surface area contributed by atoms with Gasteiger partial charge >= 0.3 is 155 Å². The fourth-order valence-corrected chi connectivity index (χ4v) is 3.96. The summed E-state index contributed by atoms with van der Waals surface area (Å²) in [5, 5.41) is 2.37. The second-order valence-corrected chi connectivity index (χ2v) is 7.64. The van der Waals surface area contributed by atoms with Gasteiger partial charge in [-0.3, -0.25) is 0 Å². The molecule has 2 aromatic heterocycles. The molecule has 2 heterocycles. The van der Waals surface area contributed by atoms with Crippen LogP contribution in [0.4, 0.5) is 8.78 Å². The van der Waals surface area contributed by atoms with Gasteiger partial charge in [0.15, 0.2) is 0 Å². The number of hydrogen-bond donors (Lipinski definition) is 1. The van der Waals surface area contributed by atoms with Crippen LogP contribution in [0.1, 0.15) is 10.4 Å². The number of nitrogens with zero attached hydrogens (tertiary/aromatic N) is 3. The molecule has 0 aliphatic carbocycles. The van der Waals surface area contributed by atoms with Gasteiger partial charge in [-0.2, -0.15) is 0 Å². The molecule has 1 aromatic carbocycles. The quantitative estimate of drug-likeness (QED) is 0.611. The second kappa shape index (κ2) is 8.63. The number of nitrogens with one attached hydrogen (secondary N) is 1. The number of carbonyl (C=O) groups excluding carboxylic acids is 1. The predicted octanol–water partition coefficient (Wildman–Crippen LogP) is 1.03. The monoisotopic (exact) mass is 415 g/mol. The number of amides is 1. The van der Waals surface area contributed by atoms with Crippen LogP contribution in [0.15, 0.2) is 55.0 Å². The Morgan fingerprint density at radius 3 is 2.81 bits per heavy atom. The fourth-order valence-electron chi connectivity index (χ4n) is 2.17. The van der Waals surface area contributed by atoms with Gasteiger partial charge in [0.2, 0.25) is 0 Å². The van der Waals surface area contributed by atoms with Crippen molar-refractivity contribution >= 4 is 30.5 Å². The van der Waals surface area contributed by atoms with Gasteiger partial charge in [-0.15, -0.1) is 0 Å². The van der Waals surface area contributed by atoms with Gasteiger partial charge in [-0.05, 0) is 0 Å².